The van der Waals surface area contributed by atoms with E-state index < -0.39 is 17.6 Å². The molecule has 0 spiro atoms. The third-order valence-corrected chi connectivity index (χ3v) is 4.35. The van der Waals surface area contributed by atoms with Crippen molar-refractivity contribution < 1.29 is 14.3 Å². The van der Waals surface area contributed by atoms with Crippen LogP contribution >= 0.6 is 0 Å². The van der Waals surface area contributed by atoms with Crippen LogP contribution in [0.15, 0.2) is 18.2 Å². The number of hydrogen-bond acceptors (Lipinski definition) is 1. The molecule has 1 aromatic carbocycles. The van der Waals surface area contributed by atoms with Gasteiger partial charge in [0.25, 0.3) is 0 Å². The summed E-state index contributed by atoms with van der Waals surface area (Å²) in [6.45, 7) is 3.41. The van der Waals surface area contributed by atoms with Gasteiger partial charge in [0.2, 0.25) is 0 Å². The lowest BCUT2D eigenvalue weighted by Crippen LogP contribution is -2.38. The largest absolute Gasteiger partial charge is 0.481 e. The molecule has 1 aliphatic rings. The lowest BCUT2D eigenvalue weighted by Gasteiger charge is -2.35. The minimum atomic E-state index is -1.06. The van der Waals surface area contributed by atoms with Crippen molar-refractivity contribution in [1.82, 2.24) is 0 Å². The standard InChI is InChI=1S/C16H21FO2/c1-11-6-7-13(12(2)17)10-14(11)16(15(18)19)8-4-3-5-9-16/h6-7,10,12H,3-5,8-9H2,1-2H3,(H,18,19). The molecule has 0 aromatic heterocycles. The van der Waals surface area contributed by atoms with Gasteiger partial charge in [-0.1, -0.05) is 37.5 Å². The predicted octanol–water partition coefficient (Wildman–Crippen LogP) is 4.31. The summed E-state index contributed by atoms with van der Waals surface area (Å²) in [5, 5.41) is 9.70. The first kappa shape index (κ1) is 14.0. The van der Waals surface area contributed by atoms with Gasteiger partial charge < -0.3 is 5.11 Å². The van der Waals surface area contributed by atoms with Crippen molar-refractivity contribution in [3.8, 4) is 0 Å². The van der Waals surface area contributed by atoms with E-state index in [1.165, 1.54) is 6.92 Å². The van der Waals surface area contributed by atoms with Crippen LogP contribution in [0, 0.1) is 6.92 Å². The van der Waals surface area contributed by atoms with Gasteiger partial charge in [-0.2, -0.15) is 0 Å². The number of halogens is 1. The number of aliphatic carboxylic acids is 1. The Labute approximate surface area is 113 Å². The summed E-state index contributed by atoms with van der Waals surface area (Å²) in [6, 6.07) is 5.36. The zero-order chi connectivity index (χ0) is 14.0. The average molecular weight is 264 g/mol. The zero-order valence-corrected chi connectivity index (χ0v) is 11.6. The second kappa shape index (κ2) is 5.32. The van der Waals surface area contributed by atoms with E-state index in [2.05, 4.69) is 0 Å². The minimum Gasteiger partial charge on any atom is -0.481 e. The Morgan fingerprint density at radius 3 is 2.47 bits per heavy atom. The second-order valence-electron chi connectivity index (χ2n) is 5.64. The first-order valence-electron chi connectivity index (χ1n) is 6.96. The Morgan fingerprint density at radius 2 is 1.95 bits per heavy atom. The number of hydrogen-bond donors (Lipinski definition) is 1. The number of carboxylic acids is 1. The van der Waals surface area contributed by atoms with Gasteiger partial charge in [0, 0.05) is 0 Å². The maximum Gasteiger partial charge on any atom is 0.314 e. The normalized spacial score (nSPS) is 19.9. The van der Waals surface area contributed by atoms with E-state index >= 15 is 0 Å². The molecule has 19 heavy (non-hydrogen) atoms. The lowest BCUT2D eigenvalue weighted by molar-refractivity contribution is -0.145. The molecular weight excluding hydrogens is 243 g/mol. The molecule has 0 saturated heterocycles. The Balaban J connectivity index is 2.52. The Kier molecular flexibility index (Phi) is 3.93. The molecule has 1 atom stereocenters. The van der Waals surface area contributed by atoms with Crippen molar-refractivity contribution in [2.75, 3.05) is 0 Å². The van der Waals surface area contributed by atoms with E-state index in [-0.39, 0.29) is 0 Å². The van der Waals surface area contributed by atoms with Crippen LogP contribution in [0.25, 0.3) is 0 Å². The lowest BCUT2D eigenvalue weighted by atomic mass is 9.68. The molecule has 2 rings (SSSR count). The van der Waals surface area contributed by atoms with Crippen molar-refractivity contribution in [2.24, 2.45) is 0 Å². The van der Waals surface area contributed by atoms with Crippen LogP contribution in [0.2, 0.25) is 0 Å². The number of alkyl halides is 1. The Hall–Kier alpha value is -1.38. The van der Waals surface area contributed by atoms with Gasteiger partial charge in [-0.3, -0.25) is 4.79 Å². The van der Waals surface area contributed by atoms with E-state index in [0.29, 0.717) is 18.4 Å². The summed E-state index contributed by atoms with van der Waals surface area (Å²) in [5.41, 5.74) is 1.52. The van der Waals surface area contributed by atoms with Gasteiger partial charge in [-0.25, -0.2) is 4.39 Å². The highest BCUT2D eigenvalue weighted by Crippen LogP contribution is 2.42. The highest BCUT2D eigenvalue weighted by molar-refractivity contribution is 5.82. The number of carboxylic acid groups (broad SMARTS) is 1. The average Bonchev–Trinajstić information content (AvgIpc) is 2.39. The number of carbonyl (C=O) groups is 1. The third-order valence-electron chi connectivity index (χ3n) is 4.35. The van der Waals surface area contributed by atoms with Crippen molar-refractivity contribution in [1.29, 1.82) is 0 Å². The molecule has 1 aliphatic carbocycles. The summed E-state index contributed by atoms with van der Waals surface area (Å²) in [6.07, 6.45) is 3.21. The van der Waals surface area contributed by atoms with Crippen LogP contribution in [-0.2, 0) is 10.2 Å². The summed E-state index contributed by atoms with van der Waals surface area (Å²) in [5.74, 6) is -0.765. The molecule has 104 valence electrons. The van der Waals surface area contributed by atoms with Gasteiger partial charge in [0.1, 0.15) is 6.17 Å². The fraction of sp³-hybridized carbons (Fsp3) is 0.562. The first-order valence-corrected chi connectivity index (χ1v) is 6.96. The van der Waals surface area contributed by atoms with Crippen LogP contribution in [0.4, 0.5) is 4.39 Å². The fourth-order valence-corrected chi connectivity index (χ4v) is 3.16. The van der Waals surface area contributed by atoms with E-state index in [9.17, 15) is 14.3 Å². The smallest absolute Gasteiger partial charge is 0.314 e. The molecule has 0 heterocycles. The van der Waals surface area contributed by atoms with E-state index in [1.54, 1.807) is 12.1 Å². The summed E-state index contributed by atoms with van der Waals surface area (Å²) in [4.78, 5) is 11.8. The van der Waals surface area contributed by atoms with E-state index in [4.69, 9.17) is 0 Å². The molecule has 1 N–H and O–H groups in total. The summed E-state index contributed by atoms with van der Waals surface area (Å²) < 4.78 is 13.5. The zero-order valence-electron chi connectivity index (χ0n) is 11.6. The molecule has 1 unspecified atom stereocenters. The van der Waals surface area contributed by atoms with Gasteiger partial charge in [0.15, 0.2) is 0 Å². The fourth-order valence-electron chi connectivity index (χ4n) is 3.16. The predicted molar refractivity (Wildman–Crippen MR) is 73.1 cm³/mol. The molecular formula is C16H21FO2. The van der Waals surface area contributed by atoms with Crippen molar-refractivity contribution in [2.45, 2.75) is 57.5 Å². The maximum absolute atomic E-state index is 13.5. The summed E-state index contributed by atoms with van der Waals surface area (Å²) in [7, 11) is 0. The third kappa shape index (κ3) is 2.51. The molecule has 0 bridgehead atoms. The van der Waals surface area contributed by atoms with E-state index in [1.807, 2.05) is 13.0 Å². The molecule has 0 amide bonds. The Morgan fingerprint density at radius 1 is 1.32 bits per heavy atom. The number of rotatable bonds is 3. The van der Waals surface area contributed by atoms with Crippen LogP contribution in [0.5, 0.6) is 0 Å². The number of aryl methyl sites for hydroxylation is 1. The SMILES string of the molecule is Cc1ccc(C(C)F)cc1C1(C(=O)O)CCCCC1. The van der Waals surface area contributed by atoms with Crippen LogP contribution < -0.4 is 0 Å². The molecule has 0 aliphatic heterocycles. The highest BCUT2D eigenvalue weighted by atomic mass is 19.1. The van der Waals surface area contributed by atoms with Crippen molar-refractivity contribution in [3.05, 3.63) is 34.9 Å². The second-order valence-corrected chi connectivity index (χ2v) is 5.64. The van der Waals surface area contributed by atoms with Gasteiger partial charge in [0.05, 0.1) is 5.41 Å². The quantitative estimate of drug-likeness (QED) is 0.883. The monoisotopic (exact) mass is 264 g/mol. The van der Waals surface area contributed by atoms with E-state index in [0.717, 1.165) is 30.4 Å². The topological polar surface area (TPSA) is 37.3 Å². The molecule has 1 fully saturated rings. The highest BCUT2D eigenvalue weighted by Gasteiger charge is 2.42. The van der Waals surface area contributed by atoms with Crippen molar-refractivity contribution in [3.63, 3.8) is 0 Å². The van der Waals surface area contributed by atoms with Crippen molar-refractivity contribution >= 4 is 5.97 Å². The van der Waals surface area contributed by atoms with Gasteiger partial charge in [-0.15, -0.1) is 0 Å². The summed E-state index contributed by atoms with van der Waals surface area (Å²) >= 11 is 0. The van der Waals surface area contributed by atoms with Gasteiger partial charge >= 0.3 is 5.97 Å². The number of benzene rings is 1. The van der Waals surface area contributed by atoms with Crippen LogP contribution in [0.1, 0.15) is 61.9 Å². The maximum atomic E-state index is 13.5. The molecule has 0 radical (unpaired) electrons. The molecule has 1 aromatic rings. The van der Waals surface area contributed by atoms with Crippen LogP contribution in [-0.4, -0.2) is 11.1 Å². The minimum absolute atomic E-state index is 0.576. The first-order chi connectivity index (χ1) is 8.97. The molecule has 2 nitrogen and oxygen atoms in total. The molecule has 3 heteroatoms. The Bertz CT molecular complexity index is 474. The van der Waals surface area contributed by atoms with Crippen LogP contribution in [0.3, 0.4) is 0 Å². The molecule has 1 saturated carbocycles. The van der Waals surface area contributed by atoms with Gasteiger partial charge in [-0.05, 0) is 43.4 Å².